The van der Waals surface area contributed by atoms with Crippen LogP contribution in [0.15, 0.2) is 24.3 Å². The third-order valence-corrected chi connectivity index (χ3v) is 3.78. The Labute approximate surface area is 156 Å². The molecule has 2 atom stereocenters. The highest BCUT2D eigenvalue weighted by Gasteiger charge is 2.30. The second-order valence-electron chi connectivity index (χ2n) is 5.82. The van der Waals surface area contributed by atoms with E-state index in [0.717, 1.165) is 0 Å². The van der Waals surface area contributed by atoms with Crippen molar-refractivity contribution >= 4 is 35.4 Å². The molecule has 0 bridgehead atoms. The van der Waals surface area contributed by atoms with Crippen LogP contribution in [0.25, 0.3) is 0 Å². The first-order chi connectivity index (χ1) is 12.2. The minimum Gasteiger partial charge on any atom is -0.451 e. The number of ether oxygens (including phenoxy) is 1. The molecule has 1 rings (SSSR count). The molecule has 0 saturated heterocycles. The summed E-state index contributed by atoms with van der Waals surface area (Å²) in [4.78, 5) is 47.6. The molecule has 26 heavy (non-hydrogen) atoms. The van der Waals surface area contributed by atoms with Gasteiger partial charge in [0.15, 0.2) is 6.10 Å². The lowest BCUT2D eigenvalue weighted by Gasteiger charge is -2.23. The molecule has 1 aromatic rings. The Balaban J connectivity index is 2.78. The molecule has 0 aromatic heterocycles. The maximum absolute atomic E-state index is 12.4. The van der Waals surface area contributed by atoms with E-state index < -0.39 is 36.0 Å². The molecule has 0 heterocycles. The minimum absolute atomic E-state index is 0.220. The van der Waals surface area contributed by atoms with Crippen LogP contribution < -0.4 is 16.0 Å². The van der Waals surface area contributed by atoms with Crippen molar-refractivity contribution in [2.75, 3.05) is 7.05 Å². The van der Waals surface area contributed by atoms with Crippen molar-refractivity contribution in [3.63, 3.8) is 0 Å². The largest absolute Gasteiger partial charge is 0.451 e. The maximum Gasteiger partial charge on any atom is 0.329 e. The van der Waals surface area contributed by atoms with Gasteiger partial charge in [0, 0.05) is 7.05 Å². The predicted octanol–water partition coefficient (Wildman–Crippen LogP) is 1.48. The smallest absolute Gasteiger partial charge is 0.329 e. The number of nitrogens with one attached hydrogen (secondary N) is 3. The van der Waals surface area contributed by atoms with Gasteiger partial charge in [-0.25, -0.2) is 9.59 Å². The van der Waals surface area contributed by atoms with E-state index in [9.17, 15) is 19.2 Å². The summed E-state index contributed by atoms with van der Waals surface area (Å²) in [6, 6.07) is 4.71. The number of hydrogen-bond donors (Lipinski definition) is 3. The highest BCUT2D eigenvalue weighted by molar-refractivity contribution is 6.33. The number of imide groups is 1. The van der Waals surface area contributed by atoms with Gasteiger partial charge in [-0.15, -0.1) is 0 Å². The number of carbonyl (C=O) groups excluding carboxylic acids is 4. The van der Waals surface area contributed by atoms with Crippen LogP contribution in [0.2, 0.25) is 5.02 Å². The van der Waals surface area contributed by atoms with E-state index >= 15 is 0 Å². The van der Waals surface area contributed by atoms with Gasteiger partial charge in [-0.1, -0.05) is 37.6 Å². The Morgan fingerprint density at radius 1 is 1.08 bits per heavy atom. The third kappa shape index (κ3) is 6.03. The minimum atomic E-state index is -1.21. The van der Waals surface area contributed by atoms with Gasteiger partial charge in [-0.3, -0.25) is 14.9 Å². The number of hydrogen-bond acceptors (Lipinski definition) is 5. The number of esters is 1. The van der Waals surface area contributed by atoms with Crippen molar-refractivity contribution in [2.45, 2.75) is 32.9 Å². The first kappa shape index (κ1) is 21.4. The summed E-state index contributed by atoms with van der Waals surface area (Å²) >= 11 is 5.98. The summed E-state index contributed by atoms with van der Waals surface area (Å²) < 4.78 is 5.07. The van der Waals surface area contributed by atoms with Gasteiger partial charge >= 0.3 is 12.0 Å². The SMILES string of the molecule is CNC(=O)NC(=O)[C@@H](C)OC(=O)[C@@H](NC(=O)c1ccccc1Cl)C(C)C. The number of rotatable bonds is 6. The first-order valence-corrected chi connectivity index (χ1v) is 8.33. The predicted molar refractivity (Wildman–Crippen MR) is 95.7 cm³/mol. The van der Waals surface area contributed by atoms with Crippen LogP contribution in [-0.4, -0.2) is 43.0 Å². The molecule has 3 N–H and O–H groups in total. The first-order valence-electron chi connectivity index (χ1n) is 7.95. The van der Waals surface area contributed by atoms with E-state index in [4.69, 9.17) is 16.3 Å². The fourth-order valence-corrected chi connectivity index (χ4v) is 2.16. The van der Waals surface area contributed by atoms with Crippen LogP contribution in [-0.2, 0) is 14.3 Å². The highest BCUT2D eigenvalue weighted by atomic mass is 35.5. The fourth-order valence-electron chi connectivity index (χ4n) is 1.94. The average molecular weight is 384 g/mol. The maximum atomic E-state index is 12.4. The lowest BCUT2D eigenvalue weighted by Crippen LogP contribution is -2.49. The molecule has 4 amide bonds. The van der Waals surface area contributed by atoms with Gasteiger partial charge in [-0.2, -0.15) is 0 Å². The van der Waals surface area contributed by atoms with Crippen molar-refractivity contribution in [1.82, 2.24) is 16.0 Å². The number of urea groups is 1. The summed E-state index contributed by atoms with van der Waals surface area (Å²) in [6.07, 6.45) is -1.21. The van der Waals surface area contributed by atoms with Gasteiger partial charge in [-0.05, 0) is 25.0 Å². The lowest BCUT2D eigenvalue weighted by atomic mass is 10.0. The van der Waals surface area contributed by atoms with E-state index in [1.807, 2.05) is 5.32 Å². The summed E-state index contributed by atoms with van der Waals surface area (Å²) in [5, 5.41) is 7.03. The van der Waals surface area contributed by atoms with Crippen molar-refractivity contribution < 1.29 is 23.9 Å². The van der Waals surface area contributed by atoms with Crippen LogP contribution in [0.5, 0.6) is 0 Å². The molecule has 0 spiro atoms. The third-order valence-electron chi connectivity index (χ3n) is 3.45. The van der Waals surface area contributed by atoms with Crippen molar-refractivity contribution in [3.05, 3.63) is 34.9 Å². The molecule has 0 unspecified atom stereocenters. The molecule has 0 aliphatic rings. The van der Waals surface area contributed by atoms with E-state index in [1.54, 1.807) is 32.0 Å². The van der Waals surface area contributed by atoms with Crippen molar-refractivity contribution in [1.29, 1.82) is 0 Å². The van der Waals surface area contributed by atoms with Crippen LogP contribution in [0, 0.1) is 5.92 Å². The molecule has 0 fully saturated rings. The number of halogens is 1. The van der Waals surface area contributed by atoms with E-state index in [2.05, 4.69) is 10.6 Å². The van der Waals surface area contributed by atoms with Gasteiger partial charge in [0.2, 0.25) is 0 Å². The number of benzene rings is 1. The normalized spacial score (nSPS) is 12.7. The Morgan fingerprint density at radius 3 is 2.23 bits per heavy atom. The summed E-state index contributed by atoms with van der Waals surface area (Å²) in [6.45, 7) is 4.76. The molecule has 1 aromatic carbocycles. The van der Waals surface area contributed by atoms with Gasteiger partial charge in [0.25, 0.3) is 11.8 Å². The summed E-state index contributed by atoms with van der Waals surface area (Å²) in [5.74, 6) is -2.41. The number of carbonyl (C=O) groups is 4. The molecule has 142 valence electrons. The van der Waals surface area contributed by atoms with Crippen LogP contribution in [0.3, 0.4) is 0 Å². The molecular weight excluding hydrogens is 362 g/mol. The average Bonchev–Trinajstić information content (AvgIpc) is 2.58. The standard InChI is InChI=1S/C17H22ClN3O5/c1-9(2)13(20-15(23)11-7-5-6-8-12(11)18)16(24)26-10(3)14(22)21-17(25)19-4/h5-10,13H,1-4H3,(H,20,23)(H2,19,21,22,25)/t10-,13+/m1/s1. The lowest BCUT2D eigenvalue weighted by molar-refractivity contribution is -0.157. The molecule has 0 radical (unpaired) electrons. The Hall–Kier alpha value is -2.61. The van der Waals surface area contributed by atoms with E-state index in [0.29, 0.717) is 0 Å². The molecule has 0 aliphatic heterocycles. The van der Waals surface area contributed by atoms with Crippen molar-refractivity contribution in [2.24, 2.45) is 5.92 Å². The molecule has 8 nitrogen and oxygen atoms in total. The summed E-state index contributed by atoms with van der Waals surface area (Å²) in [7, 11) is 1.35. The zero-order valence-corrected chi connectivity index (χ0v) is 15.7. The topological polar surface area (TPSA) is 114 Å². The number of amides is 4. The van der Waals surface area contributed by atoms with E-state index in [-0.39, 0.29) is 16.5 Å². The van der Waals surface area contributed by atoms with Crippen LogP contribution in [0.4, 0.5) is 4.79 Å². The highest BCUT2D eigenvalue weighted by Crippen LogP contribution is 2.16. The van der Waals surface area contributed by atoms with Crippen molar-refractivity contribution in [3.8, 4) is 0 Å². The van der Waals surface area contributed by atoms with Crippen LogP contribution >= 0.6 is 11.6 Å². The fraction of sp³-hybridized carbons (Fsp3) is 0.412. The summed E-state index contributed by atoms with van der Waals surface area (Å²) in [5.41, 5.74) is 0.220. The monoisotopic (exact) mass is 383 g/mol. The van der Waals surface area contributed by atoms with Crippen LogP contribution in [0.1, 0.15) is 31.1 Å². The Bertz CT molecular complexity index is 693. The Kier molecular flexibility index (Phi) is 8.05. The Morgan fingerprint density at radius 2 is 1.69 bits per heavy atom. The molecular formula is C17H22ClN3O5. The quantitative estimate of drug-likeness (QED) is 0.644. The van der Waals surface area contributed by atoms with Gasteiger partial charge in [0.1, 0.15) is 6.04 Å². The molecule has 0 saturated carbocycles. The molecule has 0 aliphatic carbocycles. The molecule has 9 heteroatoms. The second-order valence-corrected chi connectivity index (χ2v) is 6.23. The second kappa shape index (κ2) is 9.76. The zero-order valence-electron chi connectivity index (χ0n) is 15.0. The van der Waals surface area contributed by atoms with Gasteiger partial charge in [0.05, 0.1) is 10.6 Å². The van der Waals surface area contributed by atoms with Gasteiger partial charge < -0.3 is 15.4 Å². The van der Waals surface area contributed by atoms with E-state index in [1.165, 1.54) is 20.0 Å². The zero-order chi connectivity index (χ0) is 19.9.